The molecule has 1 heterocycles. The van der Waals surface area contributed by atoms with E-state index in [0.717, 1.165) is 28.0 Å². The van der Waals surface area contributed by atoms with E-state index in [-0.39, 0.29) is 0 Å². The number of halogens is 1. The molecule has 80 valence electrons. The van der Waals surface area contributed by atoms with Gasteiger partial charge in [-0.25, -0.2) is 0 Å². The summed E-state index contributed by atoms with van der Waals surface area (Å²) in [7, 11) is 0. The third-order valence-electron chi connectivity index (χ3n) is 2.90. The molecule has 1 aromatic heterocycles. The van der Waals surface area contributed by atoms with Gasteiger partial charge in [-0.3, -0.25) is 0 Å². The van der Waals surface area contributed by atoms with Crippen molar-refractivity contribution in [3.8, 4) is 11.3 Å². The summed E-state index contributed by atoms with van der Waals surface area (Å²) in [6.07, 6.45) is 5.35. The summed E-state index contributed by atoms with van der Waals surface area (Å²) in [4.78, 5) is 0. The Morgan fingerprint density at radius 3 is 2.81 bits per heavy atom. The first-order valence-corrected chi connectivity index (χ1v) is 6.10. The van der Waals surface area contributed by atoms with Gasteiger partial charge < -0.3 is 4.42 Å². The van der Waals surface area contributed by atoms with Crippen molar-refractivity contribution in [3.63, 3.8) is 0 Å². The molecule has 1 nitrogen and oxygen atoms in total. The topological polar surface area (TPSA) is 13.1 Å². The lowest BCUT2D eigenvalue weighted by atomic mass is 10.0. The van der Waals surface area contributed by atoms with Gasteiger partial charge in [0.25, 0.3) is 0 Å². The smallest absolute Gasteiger partial charge is 0.135 e. The van der Waals surface area contributed by atoms with Gasteiger partial charge >= 0.3 is 0 Å². The van der Waals surface area contributed by atoms with Gasteiger partial charge in [-0.2, -0.15) is 0 Å². The Kier molecular flexibility index (Phi) is 2.25. The van der Waals surface area contributed by atoms with Crippen molar-refractivity contribution in [1.82, 2.24) is 0 Å². The molecule has 0 saturated heterocycles. The van der Waals surface area contributed by atoms with Gasteiger partial charge in [-0.1, -0.05) is 18.2 Å². The van der Waals surface area contributed by atoms with Crippen molar-refractivity contribution < 1.29 is 4.42 Å². The molecule has 1 aliphatic carbocycles. The molecule has 0 fully saturated rings. The first kappa shape index (κ1) is 9.91. The molecule has 0 aliphatic heterocycles. The first-order chi connectivity index (χ1) is 7.75. The normalized spacial score (nSPS) is 13.1. The Balaban J connectivity index is 2.17. The maximum Gasteiger partial charge on any atom is 0.135 e. The maximum atomic E-state index is 5.66. The van der Waals surface area contributed by atoms with E-state index in [1.807, 2.05) is 19.1 Å². The summed E-state index contributed by atoms with van der Waals surface area (Å²) in [5.74, 6) is 1.87. The van der Waals surface area contributed by atoms with Crippen molar-refractivity contribution in [2.75, 3.05) is 0 Å². The molecule has 1 aromatic carbocycles. The van der Waals surface area contributed by atoms with E-state index in [2.05, 4.69) is 40.2 Å². The van der Waals surface area contributed by atoms with E-state index in [1.165, 1.54) is 11.1 Å². The molecule has 0 atom stereocenters. The molecule has 3 rings (SSSR count). The Hall–Kier alpha value is -1.28. The van der Waals surface area contributed by atoms with Crippen LogP contribution in [0.2, 0.25) is 0 Å². The zero-order valence-electron chi connectivity index (χ0n) is 8.96. The van der Waals surface area contributed by atoms with Crippen molar-refractivity contribution >= 4 is 22.0 Å². The van der Waals surface area contributed by atoms with E-state index < -0.39 is 0 Å². The molecule has 0 bridgehead atoms. The number of hydrogen-bond acceptors (Lipinski definition) is 1. The minimum absolute atomic E-state index is 0.930. The molecular formula is C14H11BrO. The molecule has 0 radical (unpaired) electrons. The molecule has 0 spiro atoms. The van der Waals surface area contributed by atoms with Crippen molar-refractivity contribution in [2.45, 2.75) is 13.3 Å². The quantitative estimate of drug-likeness (QED) is 0.742. The van der Waals surface area contributed by atoms with Crippen molar-refractivity contribution in [2.24, 2.45) is 0 Å². The van der Waals surface area contributed by atoms with E-state index in [4.69, 9.17) is 4.42 Å². The standard InChI is InChI=1S/C14H11BrO/c1-9-5-8-13(16-9)12-7-6-10-3-2-4-11(10)14(12)15/h2-3,5-8H,4H2,1H3. The van der Waals surface area contributed by atoms with Crippen LogP contribution in [0.1, 0.15) is 16.9 Å². The fraction of sp³-hybridized carbons (Fsp3) is 0.143. The number of rotatable bonds is 1. The minimum Gasteiger partial charge on any atom is -0.461 e. The predicted octanol–water partition coefficient (Wildman–Crippen LogP) is 4.59. The number of allylic oxidation sites excluding steroid dienone is 1. The summed E-state index contributed by atoms with van der Waals surface area (Å²) in [6.45, 7) is 1.96. The van der Waals surface area contributed by atoms with Gasteiger partial charge in [0.2, 0.25) is 0 Å². The number of aryl methyl sites for hydroxylation is 1. The fourth-order valence-electron chi connectivity index (χ4n) is 2.07. The van der Waals surface area contributed by atoms with Crippen LogP contribution in [0.5, 0.6) is 0 Å². The van der Waals surface area contributed by atoms with Crippen LogP contribution in [0.25, 0.3) is 17.4 Å². The van der Waals surface area contributed by atoms with Crippen LogP contribution in [0.3, 0.4) is 0 Å². The van der Waals surface area contributed by atoms with Gasteiger partial charge in [0.1, 0.15) is 11.5 Å². The van der Waals surface area contributed by atoms with Crippen LogP contribution in [0.15, 0.2) is 39.2 Å². The molecule has 0 amide bonds. The first-order valence-electron chi connectivity index (χ1n) is 5.30. The summed E-state index contributed by atoms with van der Waals surface area (Å²) >= 11 is 3.68. The van der Waals surface area contributed by atoms with E-state index in [9.17, 15) is 0 Å². The molecule has 2 heteroatoms. The Bertz CT molecular complexity index is 578. The summed E-state index contributed by atoms with van der Waals surface area (Å²) < 4.78 is 6.82. The summed E-state index contributed by atoms with van der Waals surface area (Å²) in [5, 5.41) is 0. The van der Waals surface area contributed by atoms with Crippen LogP contribution < -0.4 is 0 Å². The van der Waals surface area contributed by atoms with Crippen LogP contribution in [0, 0.1) is 6.92 Å². The third kappa shape index (κ3) is 1.45. The number of fused-ring (bicyclic) bond motifs is 1. The minimum atomic E-state index is 0.930. The third-order valence-corrected chi connectivity index (χ3v) is 3.81. The highest BCUT2D eigenvalue weighted by molar-refractivity contribution is 9.10. The van der Waals surface area contributed by atoms with Gasteiger partial charge in [0, 0.05) is 10.0 Å². The summed E-state index contributed by atoms with van der Waals surface area (Å²) in [6, 6.07) is 8.27. The highest BCUT2D eigenvalue weighted by atomic mass is 79.9. The Morgan fingerprint density at radius 1 is 1.19 bits per heavy atom. The molecule has 0 saturated carbocycles. The molecule has 0 N–H and O–H groups in total. The lowest BCUT2D eigenvalue weighted by molar-refractivity contribution is 0.548. The van der Waals surface area contributed by atoms with E-state index >= 15 is 0 Å². The average molecular weight is 275 g/mol. The predicted molar refractivity (Wildman–Crippen MR) is 69.3 cm³/mol. The molecule has 2 aromatic rings. The van der Waals surface area contributed by atoms with E-state index in [0.29, 0.717) is 0 Å². The number of furan rings is 1. The van der Waals surface area contributed by atoms with Crippen LogP contribution >= 0.6 is 15.9 Å². The fourth-order valence-corrected chi connectivity index (χ4v) is 2.79. The van der Waals surface area contributed by atoms with Crippen molar-refractivity contribution in [1.29, 1.82) is 0 Å². The molecule has 16 heavy (non-hydrogen) atoms. The lowest BCUT2D eigenvalue weighted by Crippen LogP contribution is -1.87. The van der Waals surface area contributed by atoms with Crippen LogP contribution in [-0.4, -0.2) is 0 Å². The monoisotopic (exact) mass is 274 g/mol. The average Bonchev–Trinajstić information content (AvgIpc) is 2.87. The van der Waals surface area contributed by atoms with Crippen molar-refractivity contribution in [3.05, 3.63) is 51.7 Å². The van der Waals surface area contributed by atoms with Gasteiger partial charge in [0.15, 0.2) is 0 Å². The molecular weight excluding hydrogens is 264 g/mol. The zero-order chi connectivity index (χ0) is 11.1. The number of benzene rings is 1. The molecule has 0 unspecified atom stereocenters. The Labute approximate surface area is 103 Å². The van der Waals surface area contributed by atoms with Gasteiger partial charge in [-0.15, -0.1) is 0 Å². The summed E-state index contributed by atoms with van der Waals surface area (Å²) in [5.41, 5.74) is 3.79. The zero-order valence-corrected chi connectivity index (χ0v) is 10.5. The highest BCUT2D eigenvalue weighted by Gasteiger charge is 2.15. The lowest BCUT2D eigenvalue weighted by Gasteiger charge is -2.07. The highest BCUT2D eigenvalue weighted by Crippen LogP contribution is 2.36. The van der Waals surface area contributed by atoms with Crippen LogP contribution in [0.4, 0.5) is 0 Å². The van der Waals surface area contributed by atoms with E-state index in [1.54, 1.807) is 0 Å². The second-order valence-corrected chi connectivity index (χ2v) is 4.80. The Morgan fingerprint density at radius 2 is 2.06 bits per heavy atom. The largest absolute Gasteiger partial charge is 0.461 e. The SMILES string of the molecule is Cc1ccc(-c2ccc3c(c2Br)CC=C3)o1. The van der Waals surface area contributed by atoms with Gasteiger partial charge in [-0.05, 0) is 58.6 Å². The van der Waals surface area contributed by atoms with Gasteiger partial charge in [0.05, 0.1) is 0 Å². The second kappa shape index (κ2) is 3.63. The molecule has 1 aliphatic rings. The second-order valence-electron chi connectivity index (χ2n) is 4.01. The number of hydrogen-bond donors (Lipinski definition) is 0. The maximum absolute atomic E-state index is 5.66. The van der Waals surface area contributed by atoms with Crippen LogP contribution in [-0.2, 0) is 6.42 Å².